The van der Waals surface area contributed by atoms with Gasteiger partial charge in [-0.05, 0) is 43.7 Å². The molecule has 0 spiro atoms. The van der Waals surface area contributed by atoms with E-state index in [2.05, 4.69) is 20.1 Å². The summed E-state index contributed by atoms with van der Waals surface area (Å²) in [5.41, 5.74) is 3.27. The molecule has 1 amide bonds. The van der Waals surface area contributed by atoms with Gasteiger partial charge in [-0.25, -0.2) is 9.37 Å². The van der Waals surface area contributed by atoms with Crippen molar-refractivity contribution in [3.05, 3.63) is 77.7 Å². The van der Waals surface area contributed by atoms with Crippen LogP contribution in [0.1, 0.15) is 23.2 Å². The van der Waals surface area contributed by atoms with Crippen LogP contribution < -0.4 is 10.2 Å². The van der Waals surface area contributed by atoms with Crippen LogP contribution in [-0.2, 0) is 0 Å². The zero-order valence-corrected chi connectivity index (χ0v) is 19.8. The van der Waals surface area contributed by atoms with Crippen LogP contribution in [0, 0.1) is 5.82 Å². The predicted molar refractivity (Wildman–Crippen MR) is 135 cm³/mol. The Hall–Kier alpha value is -3.23. The number of nitrogens with one attached hydrogen (secondary N) is 1. The van der Waals surface area contributed by atoms with Crippen molar-refractivity contribution in [2.24, 2.45) is 0 Å². The first-order chi connectivity index (χ1) is 16.7. The maximum absolute atomic E-state index is 14.0. The van der Waals surface area contributed by atoms with Crippen molar-refractivity contribution in [3.8, 4) is 11.3 Å². The lowest BCUT2D eigenvalue weighted by Crippen LogP contribution is -2.47. The topological polar surface area (TPSA) is 52.9 Å². The van der Waals surface area contributed by atoms with E-state index in [1.807, 2.05) is 58.6 Å². The van der Waals surface area contributed by atoms with Crippen LogP contribution in [0.15, 0.2) is 66.3 Å². The van der Waals surface area contributed by atoms with Gasteiger partial charge in [0.1, 0.15) is 5.82 Å². The highest BCUT2D eigenvalue weighted by atomic mass is 32.1. The number of fused-ring (bicyclic) bond motifs is 1. The van der Waals surface area contributed by atoms with Crippen molar-refractivity contribution in [1.82, 2.24) is 19.6 Å². The van der Waals surface area contributed by atoms with Gasteiger partial charge in [0.15, 0.2) is 4.96 Å². The number of carbonyl (C=O) groups is 1. The van der Waals surface area contributed by atoms with E-state index in [1.165, 1.54) is 6.07 Å². The number of piperazine rings is 1. The molecule has 2 aromatic carbocycles. The average Bonchev–Trinajstić information content (AvgIpc) is 3.47. The van der Waals surface area contributed by atoms with Gasteiger partial charge in [-0.15, -0.1) is 11.3 Å². The normalized spacial score (nSPS) is 14.6. The Morgan fingerprint density at radius 3 is 2.59 bits per heavy atom. The summed E-state index contributed by atoms with van der Waals surface area (Å²) in [6, 6.07) is 14.6. The summed E-state index contributed by atoms with van der Waals surface area (Å²) in [5, 5.41) is 5.03. The maximum atomic E-state index is 14.0. The third kappa shape index (κ3) is 5.13. The highest BCUT2D eigenvalue weighted by Crippen LogP contribution is 2.22. The molecule has 0 unspecified atom stereocenters. The second-order valence-corrected chi connectivity index (χ2v) is 9.41. The molecule has 1 aliphatic heterocycles. The maximum Gasteiger partial charge on any atom is 0.251 e. The Kier molecular flexibility index (Phi) is 6.87. The summed E-state index contributed by atoms with van der Waals surface area (Å²) in [4.78, 5) is 22.6. The molecule has 8 heteroatoms. The number of amides is 1. The molecule has 1 N–H and O–H groups in total. The minimum Gasteiger partial charge on any atom is -0.367 e. The number of thiazole rings is 1. The van der Waals surface area contributed by atoms with E-state index in [-0.39, 0.29) is 11.7 Å². The molecule has 34 heavy (non-hydrogen) atoms. The first kappa shape index (κ1) is 22.6. The van der Waals surface area contributed by atoms with Crippen LogP contribution in [0.2, 0.25) is 0 Å². The summed E-state index contributed by atoms with van der Waals surface area (Å²) in [5.74, 6) is -0.196. The lowest BCUT2D eigenvalue weighted by atomic mass is 10.1. The molecule has 0 saturated carbocycles. The fraction of sp³-hybridized carbons (Fsp3) is 0.308. The number of para-hydroxylation sites is 1. The summed E-state index contributed by atoms with van der Waals surface area (Å²) in [6.45, 7) is 5.20. The van der Waals surface area contributed by atoms with Crippen LogP contribution in [-0.4, -0.2) is 59.5 Å². The molecule has 1 fully saturated rings. The summed E-state index contributed by atoms with van der Waals surface area (Å²) >= 11 is 1.60. The third-order valence-electron chi connectivity index (χ3n) is 6.29. The fourth-order valence-electron chi connectivity index (χ4n) is 4.34. The molecular formula is C26H28FN5OS. The lowest BCUT2D eigenvalue weighted by Gasteiger charge is -2.36. The van der Waals surface area contributed by atoms with Gasteiger partial charge in [0.05, 0.1) is 11.4 Å². The molecule has 4 aromatic rings. The zero-order chi connectivity index (χ0) is 23.3. The molecule has 0 atom stereocenters. The number of hydrogen-bond donors (Lipinski definition) is 1. The van der Waals surface area contributed by atoms with E-state index in [1.54, 1.807) is 17.4 Å². The Labute approximate surface area is 202 Å². The molecule has 5 rings (SSSR count). The van der Waals surface area contributed by atoms with Crippen molar-refractivity contribution < 1.29 is 9.18 Å². The molecule has 3 heterocycles. The molecule has 1 saturated heterocycles. The molecule has 176 valence electrons. The quantitative estimate of drug-likeness (QED) is 0.379. The molecule has 0 bridgehead atoms. The number of aromatic nitrogens is 2. The smallest absolute Gasteiger partial charge is 0.251 e. The van der Waals surface area contributed by atoms with Crippen molar-refractivity contribution >= 4 is 27.9 Å². The third-order valence-corrected chi connectivity index (χ3v) is 7.06. The highest BCUT2D eigenvalue weighted by molar-refractivity contribution is 7.15. The van der Waals surface area contributed by atoms with Crippen molar-refractivity contribution in [2.45, 2.75) is 12.8 Å². The number of unbranched alkanes of at least 4 members (excludes halogenated alkanes) is 1. The van der Waals surface area contributed by atoms with Gasteiger partial charge in [-0.3, -0.25) is 14.1 Å². The number of halogens is 1. The van der Waals surface area contributed by atoms with E-state index in [9.17, 15) is 9.18 Å². The van der Waals surface area contributed by atoms with Gasteiger partial charge in [-0.1, -0.05) is 24.3 Å². The lowest BCUT2D eigenvalue weighted by molar-refractivity contribution is 0.0952. The second kappa shape index (κ2) is 10.4. The zero-order valence-electron chi connectivity index (χ0n) is 19.0. The first-order valence-electron chi connectivity index (χ1n) is 11.7. The van der Waals surface area contributed by atoms with Crippen LogP contribution in [0.3, 0.4) is 0 Å². The minimum atomic E-state index is -0.150. The van der Waals surface area contributed by atoms with Gasteiger partial charge in [0.2, 0.25) is 0 Å². The SMILES string of the molecule is O=C(NCCCCN1CCN(c2ccccc2F)CC1)c1ccc(-c2cn3ccsc3n2)cc1. The van der Waals surface area contributed by atoms with E-state index < -0.39 is 0 Å². The number of benzene rings is 2. The van der Waals surface area contributed by atoms with Crippen molar-refractivity contribution in [3.63, 3.8) is 0 Å². The Balaban J connectivity index is 1.01. The number of imidazole rings is 1. The Bertz CT molecular complexity index is 1220. The minimum absolute atomic E-state index is 0.0455. The monoisotopic (exact) mass is 477 g/mol. The first-order valence-corrected chi connectivity index (χ1v) is 12.6. The summed E-state index contributed by atoms with van der Waals surface area (Å²) in [7, 11) is 0. The van der Waals surface area contributed by atoms with Crippen LogP contribution in [0.5, 0.6) is 0 Å². The number of nitrogens with zero attached hydrogens (tertiary/aromatic N) is 4. The van der Waals surface area contributed by atoms with Gasteiger partial charge < -0.3 is 10.2 Å². The number of rotatable bonds is 8. The molecule has 0 aliphatic carbocycles. The summed E-state index contributed by atoms with van der Waals surface area (Å²) in [6.07, 6.45) is 5.95. The molecule has 2 aromatic heterocycles. The summed E-state index contributed by atoms with van der Waals surface area (Å²) < 4.78 is 16.0. The van der Waals surface area contributed by atoms with E-state index in [0.717, 1.165) is 61.8 Å². The Morgan fingerprint density at radius 1 is 1.03 bits per heavy atom. The number of hydrogen-bond acceptors (Lipinski definition) is 5. The van der Waals surface area contributed by atoms with Crippen molar-refractivity contribution in [2.75, 3.05) is 44.2 Å². The fourth-order valence-corrected chi connectivity index (χ4v) is 5.04. The number of carbonyl (C=O) groups excluding carboxylic acids is 1. The van der Waals surface area contributed by atoms with E-state index >= 15 is 0 Å². The van der Waals surface area contributed by atoms with E-state index in [4.69, 9.17) is 0 Å². The van der Waals surface area contributed by atoms with Crippen LogP contribution in [0.4, 0.5) is 10.1 Å². The molecular weight excluding hydrogens is 449 g/mol. The average molecular weight is 478 g/mol. The predicted octanol–water partition coefficient (Wildman–Crippen LogP) is 4.53. The Morgan fingerprint density at radius 2 is 1.82 bits per heavy atom. The van der Waals surface area contributed by atoms with Gasteiger partial charge in [-0.2, -0.15) is 0 Å². The van der Waals surface area contributed by atoms with Crippen molar-refractivity contribution in [1.29, 1.82) is 0 Å². The largest absolute Gasteiger partial charge is 0.367 e. The molecule has 6 nitrogen and oxygen atoms in total. The highest BCUT2D eigenvalue weighted by Gasteiger charge is 2.18. The van der Waals surface area contributed by atoms with E-state index in [0.29, 0.717) is 17.8 Å². The molecule has 1 aliphatic rings. The standard InChI is InChI=1S/C26H28FN5OS/c27-22-5-1-2-6-24(22)31-15-13-30(14-16-31)12-4-3-11-28-25(33)21-9-7-20(8-10-21)23-19-32-17-18-34-26(32)29-23/h1-2,5-10,17-19H,3-4,11-16H2,(H,28,33). The van der Waals surface area contributed by atoms with Crippen LogP contribution in [0.25, 0.3) is 16.2 Å². The van der Waals surface area contributed by atoms with Gasteiger partial charge >= 0.3 is 0 Å². The number of anilines is 1. The van der Waals surface area contributed by atoms with Gasteiger partial charge in [0.25, 0.3) is 5.91 Å². The molecule has 0 radical (unpaired) electrons. The second-order valence-electron chi connectivity index (χ2n) is 8.54. The van der Waals surface area contributed by atoms with Crippen LogP contribution >= 0.6 is 11.3 Å². The van der Waals surface area contributed by atoms with Gasteiger partial charge in [0, 0.05) is 61.6 Å².